The molecule has 78 valence electrons. The lowest BCUT2D eigenvalue weighted by Crippen LogP contribution is -2.20. The van der Waals surface area contributed by atoms with Gasteiger partial charge >= 0.3 is 0 Å². The summed E-state index contributed by atoms with van der Waals surface area (Å²) in [5.74, 6) is 0. The van der Waals surface area contributed by atoms with Gasteiger partial charge in [-0.1, -0.05) is 11.6 Å². The summed E-state index contributed by atoms with van der Waals surface area (Å²) >= 11 is 10.6. The second-order valence-electron chi connectivity index (χ2n) is 2.84. The molecule has 0 aliphatic carbocycles. The molecule has 0 unspecified atom stereocenters. The number of halogens is 2. The minimum Gasteiger partial charge on any atom is -0.306 e. The van der Waals surface area contributed by atoms with Crippen molar-refractivity contribution in [1.29, 1.82) is 0 Å². The summed E-state index contributed by atoms with van der Waals surface area (Å²) in [7, 11) is 0. The molecule has 0 N–H and O–H groups in total. The molecule has 0 fully saturated rings. The fraction of sp³-hybridized carbons (Fsp3) is 0.111. The van der Waals surface area contributed by atoms with Crippen LogP contribution in [-0.2, 0) is 6.54 Å². The van der Waals surface area contributed by atoms with Crippen molar-refractivity contribution >= 4 is 38.9 Å². The summed E-state index contributed by atoms with van der Waals surface area (Å²) in [5.41, 5.74) is -0.264. The molecule has 2 rings (SSSR count). The van der Waals surface area contributed by atoms with Crippen LogP contribution in [0.15, 0.2) is 33.1 Å². The van der Waals surface area contributed by atoms with Crippen LogP contribution in [0, 0.1) is 0 Å². The highest BCUT2D eigenvalue weighted by molar-refractivity contribution is 9.10. The van der Waals surface area contributed by atoms with Crippen molar-refractivity contribution in [3.8, 4) is 0 Å². The number of thiophene rings is 1. The first-order chi connectivity index (χ1) is 7.18. The third-order valence-corrected chi connectivity index (χ3v) is 4.05. The summed E-state index contributed by atoms with van der Waals surface area (Å²) in [6, 6.07) is 1.95. The molecule has 6 heteroatoms. The maximum absolute atomic E-state index is 11.6. The predicted octanol–water partition coefficient (Wildman–Crippen LogP) is 2.77. The van der Waals surface area contributed by atoms with E-state index in [1.165, 1.54) is 10.8 Å². The SMILES string of the molecule is O=c1c(Cl)nccn1Cc1sccc1Br. The molecule has 0 radical (unpaired) electrons. The van der Waals surface area contributed by atoms with E-state index in [0.717, 1.165) is 9.35 Å². The average molecular weight is 306 g/mol. The van der Waals surface area contributed by atoms with Crippen LogP contribution in [0.2, 0.25) is 5.15 Å². The van der Waals surface area contributed by atoms with Gasteiger partial charge < -0.3 is 4.57 Å². The lowest BCUT2D eigenvalue weighted by molar-refractivity contribution is 0.756. The highest BCUT2D eigenvalue weighted by atomic mass is 79.9. The third-order valence-electron chi connectivity index (χ3n) is 1.88. The van der Waals surface area contributed by atoms with Crippen molar-refractivity contribution in [1.82, 2.24) is 9.55 Å². The number of aromatic nitrogens is 2. The zero-order valence-corrected chi connectivity index (χ0v) is 10.6. The van der Waals surface area contributed by atoms with E-state index in [1.54, 1.807) is 17.5 Å². The van der Waals surface area contributed by atoms with Gasteiger partial charge in [-0.05, 0) is 27.4 Å². The molecule has 0 atom stereocenters. The number of nitrogens with zero attached hydrogens (tertiary/aromatic N) is 2. The largest absolute Gasteiger partial charge is 0.306 e. The van der Waals surface area contributed by atoms with Crippen LogP contribution in [0.4, 0.5) is 0 Å². The molecule has 15 heavy (non-hydrogen) atoms. The quantitative estimate of drug-likeness (QED) is 0.855. The molecule has 0 aromatic carbocycles. The maximum atomic E-state index is 11.6. The van der Waals surface area contributed by atoms with Crippen LogP contribution in [0.1, 0.15) is 4.88 Å². The van der Waals surface area contributed by atoms with Crippen LogP contribution >= 0.6 is 38.9 Å². The Morgan fingerprint density at radius 3 is 3.07 bits per heavy atom. The molecule has 2 heterocycles. The molecule has 0 spiro atoms. The summed E-state index contributed by atoms with van der Waals surface area (Å²) in [6.07, 6.45) is 3.14. The van der Waals surface area contributed by atoms with E-state index in [2.05, 4.69) is 20.9 Å². The summed E-state index contributed by atoms with van der Waals surface area (Å²) in [5, 5.41) is 1.97. The highest BCUT2D eigenvalue weighted by Crippen LogP contribution is 2.22. The lowest BCUT2D eigenvalue weighted by Gasteiger charge is -2.03. The smallest absolute Gasteiger partial charge is 0.288 e. The van der Waals surface area contributed by atoms with E-state index in [-0.39, 0.29) is 10.7 Å². The first-order valence-electron chi connectivity index (χ1n) is 4.11. The number of hydrogen-bond donors (Lipinski definition) is 0. The van der Waals surface area contributed by atoms with E-state index < -0.39 is 0 Å². The molecule has 2 aromatic rings. The van der Waals surface area contributed by atoms with Crippen molar-refractivity contribution in [3.05, 3.63) is 48.7 Å². The van der Waals surface area contributed by atoms with Gasteiger partial charge in [-0.3, -0.25) is 4.79 Å². The second-order valence-corrected chi connectivity index (χ2v) is 5.06. The van der Waals surface area contributed by atoms with Crippen molar-refractivity contribution in [2.75, 3.05) is 0 Å². The highest BCUT2D eigenvalue weighted by Gasteiger charge is 2.05. The van der Waals surface area contributed by atoms with Gasteiger partial charge in [0.25, 0.3) is 5.56 Å². The van der Waals surface area contributed by atoms with E-state index in [9.17, 15) is 4.79 Å². The van der Waals surface area contributed by atoms with E-state index >= 15 is 0 Å². The minimum atomic E-state index is -0.264. The summed E-state index contributed by atoms with van der Waals surface area (Å²) < 4.78 is 2.54. The van der Waals surface area contributed by atoms with Gasteiger partial charge in [0.2, 0.25) is 0 Å². The van der Waals surface area contributed by atoms with Crippen LogP contribution < -0.4 is 5.56 Å². The molecule has 0 saturated heterocycles. The van der Waals surface area contributed by atoms with Gasteiger partial charge in [0.15, 0.2) is 5.15 Å². The van der Waals surface area contributed by atoms with Gasteiger partial charge in [-0.15, -0.1) is 11.3 Å². The first kappa shape index (κ1) is 10.9. The van der Waals surface area contributed by atoms with Crippen LogP contribution in [0.3, 0.4) is 0 Å². The third kappa shape index (κ3) is 2.30. The molecule has 0 aliphatic heterocycles. The molecule has 2 aromatic heterocycles. The lowest BCUT2D eigenvalue weighted by atomic mass is 10.4. The van der Waals surface area contributed by atoms with Gasteiger partial charge in [0.05, 0.1) is 6.54 Å². The number of hydrogen-bond acceptors (Lipinski definition) is 3. The Kier molecular flexibility index (Phi) is 3.23. The molecular weight excluding hydrogens is 300 g/mol. The van der Waals surface area contributed by atoms with Crippen LogP contribution in [0.5, 0.6) is 0 Å². The molecule has 0 saturated carbocycles. The number of rotatable bonds is 2. The zero-order valence-electron chi connectivity index (χ0n) is 7.48. The normalized spacial score (nSPS) is 10.5. The summed E-state index contributed by atoms with van der Waals surface area (Å²) in [6.45, 7) is 0.513. The Morgan fingerprint density at radius 1 is 1.60 bits per heavy atom. The Morgan fingerprint density at radius 2 is 2.40 bits per heavy atom. The summed E-state index contributed by atoms with van der Waals surface area (Å²) in [4.78, 5) is 16.4. The van der Waals surface area contributed by atoms with Gasteiger partial charge in [-0.2, -0.15) is 0 Å². The van der Waals surface area contributed by atoms with Crippen molar-refractivity contribution in [2.24, 2.45) is 0 Å². The predicted molar refractivity (Wildman–Crippen MR) is 64.6 cm³/mol. The Hall–Kier alpha value is -0.650. The van der Waals surface area contributed by atoms with Crippen LogP contribution in [0.25, 0.3) is 0 Å². The Labute approximate surface area is 103 Å². The van der Waals surface area contributed by atoms with Crippen molar-refractivity contribution in [3.63, 3.8) is 0 Å². The fourth-order valence-electron chi connectivity index (χ4n) is 1.14. The zero-order chi connectivity index (χ0) is 10.8. The van der Waals surface area contributed by atoms with E-state index in [1.807, 2.05) is 11.4 Å². The molecule has 0 amide bonds. The molecular formula is C9H6BrClN2OS. The molecule has 0 bridgehead atoms. The Bertz CT molecular complexity index is 537. The minimum absolute atomic E-state index is 0.00479. The van der Waals surface area contributed by atoms with Gasteiger partial charge in [-0.25, -0.2) is 4.98 Å². The fourth-order valence-corrected chi connectivity index (χ4v) is 2.78. The van der Waals surface area contributed by atoms with Gasteiger partial charge in [0.1, 0.15) is 0 Å². The monoisotopic (exact) mass is 304 g/mol. The first-order valence-corrected chi connectivity index (χ1v) is 6.16. The van der Waals surface area contributed by atoms with Crippen molar-refractivity contribution < 1.29 is 0 Å². The molecule has 3 nitrogen and oxygen atoms in total. The topological polar surface area (TPSA) is 34.9 Å². The molecule has 0 aliphatic rings. The van der Waals surface area contributed by atoms with E-state index in [4.69, 9.17) is 11.6 Å². The maximum Gasteiger partial charge on any atom is 0.288 e. The van der Waals surface area contributed by atoms with E-state index in [0.29, 0.717) is 6.54 Å². The van der Waals surface area contributed by atoms with Crippen LogP contribution in [-0.4, -0.2) is 9.55 Å². The van der Waals surface area contributed by atoms with Gasteiger partial charge in [0, 0.05) is 21.7 Å². The second kappa shape index (κ2) is 4.47. The standard InChI is InChI=1S/C9H6BrClN2OS/c10-6-1-4-15-7(6)5-13-3-2-12-8(11)9(13)14/h1-4H,5H2. The average Bonchev–Trinajstić information content (AvgIpc) is 2.60. The van der Waals surface area contributed by atoms with Crippen molar-refractivity contribution in [2.45, 2.75) is 6.54 Å². The Balaban J connectivity index is 2.37.